The fourth-order valence-electron chi connectivity index (χ4n) is 2.62. The van der Waals surface area contributed by atoms with Gasteiger partial charge in [-0.05, 0) is 25.7 Å². The third kappa shape index (κ3) is 4.29. The second-order valence-electron chi connectivity index (χ2n) is 4.97. The van der Waals surface area contributed by atoms with Crippen LogP contribution in [0.5, 0.6) is 0 Å². The largest absolute Gasteiger partial charge is 0.330 e. The molecule has 0 bridgehead atoms. The quantitative estimate of drug-likeness (QED) is 0.764. The maximum absolute atomic E-state index is 9.77. The average Bonchev–Trinajstić information content (AvgIpc) is 2.31. The van der Waals surface area contributed by atoms with Crippen molar-refractivity contribution in [3.8, 4) is 0 Å². The molecule has 0 aromatic carbocycles. The Bertz CT molecular complexity index is 169. The highest BCUT2D eigenvalue weighted by atomic mass is 31.2. The molecule has 0 heterocycles. The van der Waals surface area contributed by atoms with Crippen LogP contribution in [0.15, 0.2) is 0 Å². The summed E-state index contributed by atoms with van der Waals surface area (Å²) in [6, 6.07) is 0. The molecule has 0 atom stereocenters. The van der Waals surface area contributed by atoms with Gasteiger partial charge in [0.15, 0.2) is 0 Å². The van der Waals surface area contributed by atoms with Crippen LogP contribution in [-0.2, 0) is 9.05 Å². The summed E-state index contributed by atoms with van der Waals surface area (Å²) in [6.45, 7) is 0. The van der Waals surface area contributed by atoms with Crippen LogP contribution in [0.25, 0.3) is 0 Å². The standard InChI is InChI=1S/C12H23O3P/c13-16(14-11-7-3-1-4-8-11)15-12-9-5-2-6-10-12/h11-13H,1-10H2. The molecule has 0 aromatic rings. The molecule has 0 unspecified atom stereocenters. The molecule has 2 fully saturated rings. The van der Waals surface area contributed by atoms with Gasteiger partial charge in [-0.15, -0.1) is 0 Å². The number of hydrogen-bond acceptors (Lipinski definition) is 3. The molecule has 0 aliphatic heterocycles. The second-order valence-corrected chi connectivity index (χ2v) is 5.87. The molecule has 2 aliphatic rings. The minimum absolute atomic E-state index is 0.244. The summed E-state index contributed by atoms with van der Waals surface area (Å²) in [7, 11) is -1.63. The Balaban J connectivity index is 1.64. The number of rotatable bonds is 4. The van der Waals surface area contributed by atoms with Crippen LogP contribution in [-0.4, -0.2) is 17.1 Å². The molecule has 94 valence electrons. The zero-order valence-corrected chi connectivity index (χ0v) is 10.8. The van der Waals surface area contributed by atoms with Gasteiger partial charge in [0.2, 0.25) is 0 Å². The van der Waals surface area contributed by atoms with Gasteiger partial charge in [-0.3, -0.25) is 0 Å². The molecule has 0 saturated heterocycles. The molecule has 0 radical (unpaired) electrons. The maximum atomic E-state index is 9.77. The van der Waals surface area contributed by atoms with Gasteiger partial charge in [-0.25, -0.2) is 0 Å². The molecule has 1 N–H and O–H groups in total. The van der Waals surface area contributed by atoms with E-state index in [-0.39, 0.29) is 12.2 Å². The van der Waals surface area contributed by atoms with Crippen LogP contribution in [0, 0.1) is 0 Å². The molecule has 2 rings (SSSR count). The monoisotopic (exact) mass is 246 g/mol. The van der Waals surface area contributed by atoms with Crippen molar-refractivity contribution < 1.29 is 13.9 Å². The Kier molecular flexibility index (Phi) is 5.51. The predicted octanol–water partition coefficient (Wildman–Crippen LogP) is 3.90. The lowest BCUT2D eigenvalue weighted by molar-refractivity contribution is 0.0770. The lowest BCUT2D eigenvalue weighted by atomic mass is 9.98. The van der Waals surface area contributed by atoms with E-state index in [9.17, 15) is 4.89 Å². The first kappa shape index (κ1) is 12.8. The molecule has 0 aromatic heterocycles. The third-order valence-electron chi connectivity index (χ3n) is 3.58. The van der Waals surface area contributed by atoms with Crippen molar-refractivity contribution in [2.24, 2.45) is 0 Å². The van der Waals surface area contributed by atoms with Crippen LogP contribution in [0.1, 0.15) is 64.2 Å². The van der Waals surface area contributed by atoms with Crippen molar-refractivity contribution in [2.45, 2.75) is 76.4 Å². The zero-order valence-electron chi connectivity index (χ0n) is 9.94. The van der Waals surface area contributed by atoms with Crippen molar-refractivity contribution in [1.82, 2.24) is 0 Å². The molecule has 0 spiro atoms. The Hall–Kier alpha value is 0.310. The van der Waals surface area contributed by atoms with E-state index >= 15 is 0 Å². The molecule has 2 aliphatic carbocycles. The summed E-state index contributed by atoms with van der Waals surface area (Å²) < 4.78 is 11.2. The first-order valence-corrected chi connectivity index (χ1v) is 7.80. The van der Waals surface area contributed by atoms with Gasteiger partial charge in [0.05, 0.1) is 12.2 Å². The third-order valence-corrected chi connectivity index (χ3v) is 4.54. The van der Waals surface area contributed by atoms with Gasteiger partial charge in [0.1, 0.15) is 0 Å². The molecule has 0 amide bonds. The van der Waals surface area contributed by atoms with Crippen LogP contribution < -0.4 is 0 Å². The van der Waals surface area contributed by atoms with Crippen molar-refractivity contribution in [3.05, 3.63) is 0 Å². The van der Waals surface area contributed by atoms with E-state index in [1.165, 1.54) is 38.5 Å². The van der Waals surface area contributed by atoms with E-state index in [2.05, 4.69) is 0 Å². The van der Waals surface area contributed by atoms with Crippen molar-refractivity contribution in [1.29, 1.82) is 0 Å². The lowest BCUT2D eigenvalue weighted by Crippen LogP contribution is -2.18. The molecule has 3 nitrogen and oxygen atoms in total. The first-order chi connectivity index (χ1) is 7.84. The highest BCUT2D eigenvalue weighted by Gasteiger charge is 2.23. The van der Waals surface area contributed by atoms with Crippen LogP contribution in [0.2, 0.25) is 0 Å². The van der Waals surface area contributed by atoms with Crippen LogP contribution >= 0.6 is 8.60 Å². The van der Waals surface area contributed by atoms with Gasteiger partial charge in [0, 0.05) is 0 Å². The van der Waals surface area contributed by atoms with Gasteiger partial charge in [-0.1, -0.05) is 38.5 Å². The summed E-state index contributed by atoms with van der Waals surface area (Å²) in [6.07, 6.45) is 12.4. The molecular formula is C12H23O3P. The average molecular weight is 246 g/mol. The minimum Gasteiger partial charge on any atom is -0.328 e. The van der Waals surface area contributed by atoms with Crippen molar-refractivity contribution in [3.63, 3.8) is 0 Å². The van der Waals surface area contributed by atoms with Crippen LogP contribution in [0.4, 0.5) is 0 Å². The van der Waals surface area contributed by atoms with Crippen LogP contribution in [0.3, 0.4) is 0 Å². The summed E-state index contributed by atoms with van der Waals surface area (Å²) in [5.74, 6) is 0. The minimum atomic E-state index is -1.63. The summed E-state index contributed by atoms with van der Waals surface area (Å²) in [4.78, 5) is 9.77. The predicted molar refractivity (Wildman–Crippen MR) is 65.1 cm³/mol. The SMILES string of the molecule is OP(OC1CCCCC1)OC1CCCCC1. The normalized spacial score (nSPS) is 25.1. The van der Waals surface area contributed by atoms with Gasteiger partial charge < -0.3 is 13.9 Å². The van der Waals surface area contributed by atoms with E-state index in [0.29, 0.717) is 0 Å². The Morgan fingerprint density at radius 1 is 0.688 bits per heavy atom. The first-order valence-electron chi connectivity index (χ1n) is 6.67. The fraction of sp³-hybridized carbons (Fsp3) is 1.00. The van der Waals surface area contributed by atoms with Gasteiger partial charge in [0.25, 0.3) is 0 Å². The Labute approximate surface area is 99.5 Å². The van der Waals surface area contributed by atoms with E-state index in [1.54, 1.807) is 0 Å². The van der Waals surface area contributed by atoms with Crippen molar-refractivity contribution >= 4 is 8.60 Å². The maximum Gasteiger partial charge on any atom is 0.330 e. The highest BCUT2D eigenvalue weighted by Crippen LogP contribution is 2.41. The van der Waals surface area contributed by atoms with E-state index in [4.69, 9.17) is 9.05 Å². The van der Waals surface area contributed by atoms with Gasteiger partial charge in [-0.2, -0.15) is 0 Å². The van der Waals surface area contributed by atoms with E-state index in [1.807, 2.05) is 0 Å². The smallest absolute Gasteiger partial charge is 0.328 e. The Morgan fingerprint density at radius 3 is 1.44 bits per heavy atom. The zero-order chi connectivity index (χ0) is 11.2. The van der Waals surface area contributed by atoms with Crippen molar-refractivity contribution in [2.75, 3.05) is 0 Å². The van der Waals surface area contributed by atoms with E-state index in [0.717, 1.165) is 25.7 Å². The summed E-state index contributed by atoms with van der Waals surface area (Å²) >= 11 is 0. The van der Waals surface area contributed by atoms with E-state index < -0.39 is 8.60 Å². The van der Waals surface area contributed by atoms with Gasteiger partial charge >= 0.3 is 8.60 Å². The molecular weight excluding hydrogens is 223 g/mol. The summed E-state index contributed by atoms with van der Waals surface area (Å²) in [5.41, 5.74) is 0. The molecule has 16 heavy (non-hydrogen) atoms. The lowest BCUT2D eigenvalue weighted by Gasteiger charge is -2.27. The molecule has 4 heteroatoms. The second kappa shape index (κ2) is 6.90. The number of hydrogen-bond donors (Lipinski definition) is 1. The fourth-order valence-corrected chi connectivity index (χ4v) is 3.60. The summed E-state index contributed by atoms with van der Waals surface area (Å²) in [5, 5.41) is 0. The molecule has 2 saturated carbocycles. The topological polar surface area (TPSA) is 38.7 Å². The Morgan fingerprint density at radius 2 is 1.06 bits per heavy atom. The highest BCUT2D eigenvalue weighted by molar-refractivity contribution is 7.40.